The quantitative estimate of drug-likeness (QED) is 0.632. The summed E-state index contributed by atoms with van der Waals surface area (Å²) < 4.78 is 5.54. The second-order valence-corrected chi connectivity index (χ2v) is 3.87. The molecule has 1 heterocycles. The first-order chi connectivity index (χ1) is 6.77. The molecule has 70 valence electrons. The molecular formula is C12H10O2. The van der Waals surface area contributed by atoms with Crippen molar-refractivity contribution < 1.29 is 9.21 Å². The molecule has 1 unspecified atom stereocenters. The summed E-state index contributed by atoms with van der Waals surface area (Å²) in [5, 5.41) is 1.10. The van der Waals surface area contributed by atoms with Crippen LogP contribution in [0, 0.1) is 0 Å². The lowest BCUT2D eigenvalue weighted by Gasteiger charge is -1.98. The Balaban J connectivity index is 2.43. The minimum absolute atomic E-state index is 0.142. The number of para-hydroxylation sites is 1. The number of rotatable bonds is 0. The van der Waals surface area contributed by atoms with Gasteiger partial charge in [-0.2, -0.15) is 0 Å². The van der Waals surface area contributed by atoms with E-state index in [9.17, 15) is 4.79 Å². The van der Waals surface area contributed by atoms with Crippen molar-refractivity contribution in [2.75, 3.05) is 0 Å². The molecule has 1 aliphatic rings. The van der Waals surface area contributed by atoms with Crippen molar-refractivity contribution in [3.8, 4) is 0 Å². The number of Topliss-reactive ketones (excluding diaryl/α,β-unsaturated/α-hetero) is 1. The van der Waals surface area contributed by atoms with Gasteiger partial charge in [-0.15, -0.1) is 0 Å². The third kappa shape index (κ3) is 0.830. The van der Waals surface area contributed by atoms with Crippen molar-refractivity contribution in [2.45, 2.75) is 19.3 Å². The van der Waals surface area contributed by atoms with Crippen LogP contribution in [-0.4, -0.2) is 5.78 Å². The number of ketones is 1. The molecule has 0 N–H and O–H groups in total. The molecule has 1 aromatic carbocycles. The van der Waals surface area contributed by atoms with Gasteiger partial charge in [0.05, 0.1) is 0 Å². The molecule has 1 atom stereocenters. The Kier molecular flexibility index (Phi) is 1.38. The second-order valence-electron chi connectivity index (χ2n) is 3.87. The van der Waals surface area contributed by atoms with E-state index in [1.807, 2.05) is 24.3 Å². The van der Waals surface area contributed by atoms with E-state index in [4.69, 9.17) is 4.42 Å². The predicted octanol–water partition coefficient (Wildman–Crippen LogP) is 3.12. The van der Waals surface area contributed by atoms with Crippen molar-refractivity contribution in [2.24, 2.45) is 0 Å². The lowest BCUT2D eigenvalue weighted by Crippen LogP contribution is -1.89. The van der Waals surface area contributed by atoms with Crippen molar-refractivity contribution in [1.82, 2.24) is 0 Å². The number of fused-ring (bicyclic) bond motifs is 3. The summed E-state index contributed by atoms with van der Waals surface area (Å²) >= 11 is 0. The maximum atomic E-state index is 11.6. The Morgan fingerprint density at radius 2 is 2.14 bits per heavy atom. The average molecular weight is 186 g/mol. The van der Waals surface area contributed by atoms with Gasteiger partial charge in [0.2, 0.25) is 0 Å². The third-order valence-corrected chi connectivity index (χ3v) is 2.87. The van der Waals surface area contributed by atoms with Crippen LogP contribution in [-0.2, 0) is 0 Å². The highest BCUT2D eigenvalue weighted by Gasteiger charge is 2.32. The Labute approximate surface area is 81.5 Å². The van der Waals surface area contributed by atoms with E-state index >= 15 is 0 Å². The van der Waals surface area contributed by atoms with Crippen molar-refractivity contribution in [1.29, 1.82) is 0 Å². The van der Waals surface area contributed by atoms with E-state index < -0.39 is 0 Å². The SMILES string of the molecule is CC1CC(=O)c2oc3ccccc3c21. The lowest BCUT2D eigenvalue weighted by atomic mass is 10.0. The minimum Gasteiger partial charge on any atom is -0.453 e. The lowest BCUT2D eigenvalue weighted by molar-refractivity contribution is 0.0968. The largest absolute Gasteiger partial charge is 0.453 e. The Morgan fingerprint density at radius 3 is 3.00 bits per heavy atom. The first kappa shape index (κ1) is 7.80. The molecule has 0 radical (unpaired) electrons. The first-order valence-electron chi connectivity index (χ1n) is 4.82. The number of carbonyl (C=O) groups is 1. The normalized spacial score (nSPS) is 20.4. The number of furan rings is 1. The van der Waals surface area contributed by atoms with Crippen LogP contribution >= 0.6 is 0 Å². The van der Waals surface area contributed by atoms with E-state index in [0.717, 1.165) is 16.5 Å². The molecule has 2 nitrogen and oxygen atoms in total. The summed E-state index contributed by atoms with van der Waals surface area (Å²) in [4.78, 5) is 11.6. The van der Waals surface area contributed by atoms with Gasteiger partial charge in [-0.05, 0) is 12.0 Å². The molecule has 0 spiro atoms. The molecule has 14 heavy (non-hydrogen) atoms. The van der Waals surface area contributed by atoms with Crippen LogP contribution in [0.4, 0.5) is 0 Å². The molecule has 1 aromatic heterocycles. The Bertz CT molecular complexity index is 522. The van der Waals surface area contributed by atoms with Gasteiger partial charge in [-0.1, -0.05) is 25.1 Å². The van der Waals surface area contributed by atoms with Crippen LogP contribution in [0.2, 0.25) is 0 Å². The predicted molar refractivity (Wildman–Crippen MR) is 53.6 cm³/mol. The Hall–Kier alpha value is -1.57. The zero-order valence-electron chi connectivity index (χ0n) is 7.91. The van der Waals surface area contributed by atoms with Gasteiger partial charge >= 0.3 is 0 Å². The molecule has 0 amide bonds. The van der Waals surface area contributed by atoms with E-state index in [-0.39, 0.29) is 5.78 Å². The summed E-state index contributed by atoms with van der Waals surface area (Å²) in [5.41, 5.74) is 1.93. The van der Waals surface area contributed by atoms with Crippen LogP contribution in [0.5, 0.6) is 0 Å². The van der Waals surface area contributed by atoms with Crippen molar-refractivity contribution in [3.63, 3.8) is 0 Å². The molecule has 2 heteroatoms. The molecule has 0 aliphatic heterocycles. The second kappa shape index (κ2) is 2.47. The fourth-order valence-corrected chi connectivity index (χ4v) is 2.23. The van der Waals surface area contributed by atoms with Crippen LogP contribution in [0.15, 0.2) is 28.7 Å². The molecule has 0 saturated carbocycles. The number of hydrogen-bond acceptors (Lipinski definition) is 2. The fourth-order valence-electron chi connectivity index (χ4n) is 2.23. The Morgan fingerprint density at radius 1 is 1.36 bits per heavy atom. The fraction of sp³-hybridized carbons (Fsp3) is 0.250. The molecule has 0 bridgehead atoms. The number of carbonyl (C=O) groups excluding carboxylic acids is 1. The molecule has 1 aliphatic carbocycles. The average Bonchev–Trinajstić information content (AvgIpc) is 2.66. The number of hydrogen-bond donors (Lipinski definition) is 0. The van der Waals surface area contributed by atoms with Gasteiger partial charge in [0.25, 0.3) is 0 Å². The standard InChI is InChI=1S/C12H10O2/c1-7-6-9(13)12-11(7)8-4-2-3-5-10(8)14-12/h2-5,7H,6H2,1H3. The minimum atomic E-state index is 0.142. The van der Waals surface area contributed by atoms with Crippen LogP contribution in [0.25, 0.3) is 11.0 Å². The molecule has 3 rings (SSSR count). The van der Waals surface area contributed by atoms with Crippen LogP contribution in [0.1, 0.15) is 35.4 Å². The van der Waals surface area contributed by atoms with E-state index in [1.165, 1.54) is 0 Å². The first-order valence-corrected chi connectivity index (χ1v) is 4.82. The van der Waals surface area contributed by atoms with Crippen LogP contribution < -0.4 is 0 Å². The monoisotopic (exact) mass is 186 g/mol. The smallest absolute Gasteiger partial charge is 0.198 e. The van der Waals surface area contributed by atoms with Crippen LogP contribution in [0.3, 0.4) is 0 Å². The topological polar surface area (TPSA) is 30.2 Å². The molecule has 2 aromatic rings. The zero-order chi connectivity index (χ0) is 9.71. The summed E-state index contributed by atoms with van der Waals surface area (Å²) in [6.45, 7) is 2.08. The highest BCUT2D eigenvalue weighted by atomic mass is 16.3. The summed E-state index contributed by atoms with van der Waals surface area (Å²) in [6, 6.07) is 7.84. The molecular weight excluding hydrogens is 176 g/mol. The van der Waals surface area contributed by atoms with Gasteiger partial charge in [-0.25, -0.2) is 0 Å². The highest BCUT2D eigenvalue weighted by Crippen LogP contribution is 2.39. The van der Waals surface area contributed by atoms with Gasteiger partial charge in [0, 0.05) is 17.4 Å². The summed E-state index contributed by atoms with van der Waals surface area (Å²) in [7, 11) is 0. The maximum absolute atomic E-state index is 11.6. The molecule has 0 fully saturated rings. The van der Waals surface area contributed by atoms with Gasteiger partial charge in [0.1, 0.15) is 5.58 Å². The van der Waals surface area contributed by atoms with E-state index in [1.54, 1.807) is 0 Å². The molecule has 0 saturated heterocycles. The van der Waals surface area contributed by atoms with Crippen molar-refractivity contribution >= 4 is 16.8 Å². The maximum Gasteiger partial charge on any atom is 0.198 e. The van der Waals surface area contributed by atoms with Gasteiger partial charge in [-0.3, -0.25) is 4.79 Å². The van der Waals surface area contributed by atoms with Gasteiger partial charge in [0.15, 0.2) is 11.5 Å². The third-order valence-electron chi connectivity index (χ3n) is 2.87. The zero-order valence-corrected chi connectivity index (χ0v) is 7.91. The van der Waals surface area contributed by atoms with E-state index in [2.05, 4.69) is 6.92 Å². The van der Waals surface area contributed by atoms with Gasteiger partial charge < -0.3 is 4.42 Å². The number of benzene rings is 1. The summed E-state index contributed by atoms with van der Waals surface area (Å²) in [5.74, 6) is 1.03. The highest BCUT2D eigenvalue weighted by molar-refractivity contribution is 6.04. The van der Waals surface area contributed by atoms with Crippen molar-refractivity contribution in [3.05, 3.63) is 35.6 Å². The summed E-state index contributed by atoms with van der Waals surface area (Å²) in [6.07, 6.45) is 0.596. The van der Waals surface area contributed by atoms with E-state index in [0.29, 0.717) is 18.1 Å².